The van der Waals surface area contributed by atoms with E-state index in [2.05, 4.69) is 82.9 Å². The number of aromatic nitrogens is 3. The van der Waals surface area contributed by atoms with Crippen molar-refractivity contribution in [3.05, 3.63) is 109 Å². The molecule has 0 aliphatic carbocycles. The van der Waals surface area contributed by atoms with Crippen LogP contribution < -0.4 is 0 Å². The van der Waals surface area contributed by atoms with Crippen LogP contribution in [0.25, 0.3) is 50.8 Å². The van der Waals surface area contributed by atoms with Crippen LogP contribution in [0.2, 0.25) is 0 Å². The van der Waals surface area contributed by atoms with Crippen LogP contribution >= 0.6 is 0 Å². The summed E-state index contributed by atoms with van der Waals surface area (Å²) < 4.78 is 10.3. The lowest BCUT2D eigenvalue weighted by Crippen LogP contribution is -2.03. The average Bonchev–Trinajstić information content (AvgIpc) is 3.58. The van der Waals surface area contributed by atoms with Gasteiger partial charge >= 0.3 is 0 Å². The maximum absolute atomic E-state index is 5.87. The number of imidazole rings is 1. The summed E-state index contributed by atoms with van der Waals surface area (Å²) in [5.74, 6) is 1.74. The maximum Gasteiger partial charge on any atom is 0.157 e. The number of para-hydroxylation sites is 3. The third-order valence-electron chi connectivity index (χ3n) is 5.87. The molecule has 4 heteroatoms. The minimum absolute atomic E-state index is 0.832. The van der Waals surface area contributed by atoms with Crippen LogP contribution in [-0.2, 0) is 7.05 Å². The van der Waals surface area contributed by atoms with Crippen molar-refractivity contribution >= 4 is 11.0 Å². The predicted octanol–water partition coefficient (Wildman–Crippen LogP) is 6.96. The van der Waals surface area contributed by atoms with E-state index in [9.17, 15) is 0 Å². The van der Waals surface area contributed by atoms with Crippen molar-refractivity contribution in [3.8, 4) is 39.8 Å². The number of furan rings is 1. The Morgan fingerprint density at radius 3 is 2.19 bits per heavy atom. The summed E-state index contributed by atoms with van der Waals surface area (Å²) in [6.45, 7) is 0. The molecule has 3 aromatic heterocycles. The van der Waals surface area contributed by atoms with Gasteiger partial charge in [0.2, 0.25) is 0 Å². The van der Waals surface area contributed by atoms with Crippen molar-refractivity contribution < 1.29 is 4.42 Å². The topological polar surface area (TPSA) is 35.9 Å². The monoisotopic (exact) mass is 415 g/mol. The fourth-order valence-corrected chi connectivity index (χ4v) is 4.40. The first kappa shape index (κ1) is 18.5. The summed E-state index contributed by atoms with van der Waals surface area (Å²) in [5, 5.41) is 0. The zero-order chi connectivity index (χ0) is 21.5. The summed E-state index contributed by atoms with van der Waals surface area (Å²) in [5.41, 5.74) is 7.40. The van der Waals surface area contributed by atoms with Gasteiger partial charge in [-0.1, -0.05) is 60.7 Å². The van der Waals surface area contributed by atoms with Crippen molar-refractivity contribution in [2.24, 2.45) is 7.05 Å². The van der Waals surface area contributed by atoms with Gasteiger partial charge in [-0.3, -0.25) is 0 Å². The molecule has 0 N–H and O–H groups in total. The van der Waals surface area contributed by atoms with Gasteiger partial charge in [0.1, 0.15) is 5.76 Å². The number of fused-ring (bicyclic) bond motifs is 1. The molecule has 0 saturated heterocycles. The number of hydrogen-bond acceptors (Lipinski definition) is 2. The van der Waals surface area contributed by atoms with Crippen molar-refractivity contribution in [2.75, 3.05) is 0 Å². The molecule has 0 aliphatic heterocycles. The van der Waals surface area contributed by atoms with Gasteiger partial charge in [-0.25, -0.2) is 4.98 Å². The van der Waals surface area contributed by atoms with Crippen LogP contribution in [0.3, 0.4) is 0 Å². The van der Waals surface area contributed by atoms with Gasteiger partial charge in [0.05, 0.1) is 28.7 Å². The predicted molar refractivity (Wildman–Crippen MR) is 129 cm³/mol. The third kappa shape index (κ3) is 2.88. The Labute approximate surface area is 186 Å². The number of benzene rings is 3. The fourth-order valence-electron chi connectivity index (χ4n) is 4.40. The largest absolute Gasteiger partial charge is 0.464 e. The first-order chi connectivity index (χ1) is 15.8. The molecule has 32 heavy (non-hydrogen) atoms. The Morgan fingerprint density at radius 1 is 0.750 bits per heavy atom. The van der Waals surface area contributed by atoms with E-state index in [1.165, 1.54) is 0 Å². The van der Waals surface area contributed by atoms with Gasteiger partial charge in [-0.05, 0) is 48.0 Å². The summed E-state index contributed by atoms with van der Waals surface area (Å²) in [6, 6.07) is 35.2. The molecule has 0 spiro atoms. The van der Waals surface area contributed by atoms with Gasteiger partial charge in [-0.15, -0.1) is 0 Å². The van der Waals surface area contributed by atoms with Gasteiger partial charge in [0.15, 0.2) is 5.82 Å². The fraction of sp³-hybridized carbons (Fsp3) is 0.0357. The Kier molecular flexibility index (Phi) is 4.29. The maximum atomic E-state index is 5.87. The van der Waals surface area contributed by atoms with E-state index < -0.39 is 0 Å². The van der Waals surface area contributed by atoms with Crippen molar-refractivity contribution in [2.45, 2.75) is 0 Å². The normalized spacial score (nSPS) is 11.3. The Morgan fingerprint density at radius 2 is 1.47 bits per heavy atom. The molecule has 3 aromatic carbocycles. The second kappa shape index (κ2) is 7.43. The van der Waals surface area contributed by atoms with Gasteiger partial charge in [0, 0.05) is 18.3 Å². The molecule has 0 amide bonds. The first-order valence-electron chi connectivity index (χ1n) is 10.6. The molecule has 0 aliphatic rings. The average molecular weight is 415 g/mol. The number of rotatable bonds is 4. The minimum atomic E-state index is 0.832. The second-order valence-corrected chi connectivity index (χ2v) is 7.79. The molecular formula is C28H21N3O. The van der Waals surface area contributed by atoms with Gasteiger partial charge in [0.25, 0.3) is 0 Å². The zero-order valence-corrected chi connectivity index (χ0v) is 17.6. The van der Waals surface area contributed by atoms with Crippen LogP contribution in [0.1, 0.15) is 0 Å². The van der Waals surface area contributed by atoms with Gasteiger partial charge in [-0.2, -0.15) is 0 Å². The van der Waals surface area contributed by atoms with E-state index in [1.54, 1.807) is 6.26 Å². The summed E-state index contributed by atoms with van der Waals surface area (Å²) in [7, 11) is 2.07. The number of nitrogens with zero attached hydrogens (tertiary/aromatic N) is 3. The molecule has 3 heterocycles. The van der Waals surface area contributed by atoms with E-state index in [0.29, 0.717) is 0 Å². The van der Waals surface area contributed by atoms with Crippen molar-refractivity contribution in [1.29, 1.82) is 0 Å². The molecule has 6 rings (SSSR count). The molecule has 0 atom stereocenters. The smallest absolute Gasteiger partial charge is 0.157 e. The molecule has 0 fully saturated rings. The van der Waals surface area contributed by atoms with E-state index >= 15 is 0 Å². The van der Waals surface area contributed by atoms with Crippen molar-refractivity contribution in [3.63, 3.8) is 0 Å². The number of aryl methyl sites for hydroxylation is 1. The molecule has 6 aromatic rings. The van der Waals surface area contributed by atoms with E-state index in [0.717, 1.165) is 50.8 Å². The lowest BCUT2D eigenvalue weighted by Gasteiger charge is -2.15. The second-order valence-electron chi connectivity index (χ2n) is 7.79. The van der Waals surface area contributed by atoms with Crippen LogP contribution in [0, 0.1) is 0 Å². The Balaban J connectivity index is 1.74. The quantitative estimate of drug-likeness (QED) is 0.312. The Bertz CT molecular complexity index is 1510. The highest BCUT2D eigenvalue weighted by molar-refractivity contribution is 5.88. The standard InChI is InChI=1S/C28H21N3O/c1-30-24-16-9-8-15-23(24)29-28(30)25-19-22(26-17-10-18-32-26)27(20-11-4-2-5-12-20)31(25)21-13-6-3-7-14-21/h2-19H,1H3. The summed E-state index contributed by atoms with van der Waals surface area (Å²) in [4.78, 5) is 5.01. The van der Waals surface area contributed by atoms with Crippen LogP contribution in [0.15, 0.2) is 114 Å². The zero-order valence-electron chi connectivity index (χ0n) is 17.6. The molecule has 0 bridgehead atoms. The minimum Gasteiger partial charge on any atom is -0.464 e. The molecule has 4 nitrogen and oxygen atoms in total. The lowest BCUT2D eigenvalue weighted by molar-refractivity contribution is 0.582. The van der Waals surface area contributed by atoms with Gasteiger partial charge < -0.3 is 13.6 Å². The first-order valence-corrected chi connectivity index (χ1v) is 10.6. The SMILES string of the molecule is Cn1c(-c2cc(-c3ccco3)c(-c3ccccc3)n2-c2ccccc2)nc2ccccc21. The van der Waals surface area contributed by atoms with E-state index in [-0.39, 0.29) is 0 Å². The van der Waals surface area contributed by atoms with Crippen LogP contribution in [-0.4, -0.2) is 14.1 Å². The number of hydrogen-bond donors (Lipinski definition) is 0. The highest BCUT2D eigenvalue weighted by atomic mass is 16.3. The van der Waals surface area contributed by atoms with E-state index in [4.69, 9.17) is 9.40 Å². The van der Waals surface area contributed by atoms with Crippen LogP contribution in [0.5, 0.6) is 0 Å². The molecule has 0 saturated carbocycles. The summed E-state index contributed by atoms with van der Waals surface area (Å²) >= 11 is 0. The molecular weight excluding hydrogens is 394 g/mol. The lowest BCUT2D eigenvalue weighted by atomic mass is 10.1. The van der Waals surface area contributed by atoms with Crippen LogP contribution in [0.4, 0.5) is 0 Å². The highest BCUT2D eigenvalue weighted by Crippen LogP contribution is 2.41. The third-order valence-corrected chi connectivity index (χ3v) is 5.87. The highest BCUT2D eigenvalue weighted by Gasteiger charge is 2.24. The van der Waals surface area contributed by atoms with Crippen molar-refractivity contribution in [1.82, 2.24) is 14.1 Å². The Hall–Kier alpha value is -4.31. The molecule has 0 unspecified atom stereocenters. The summed E-state index contributed by atoms with van der Waals surface area (Å²) in [6.07, 6.45) is 1.72. The molecule has 0 radical (unpaired) electrons. The van der Waals surface area contributed by atoms with E-state index in [1.807, 2.05) is 36.4 Å². The molecule has 154 valence electrons.